The van der Waals surface area contributed by atoms with Crippen LogP contribution in [0.4, 0.5) is 8.78 Å². The van der Waals surface area contributed by atoms with Crippen LogP contribution in [0.15, 0.2) is 18.2 Å². The van der Waals surface area contributed by atoms with E-state index in [2.05, 4.69) is 0 Å². The number of hydrogen-bond acceptors (Lipinski definition) is 1. The highest BCUT2D eigenvalue weighted by atomic mass is 19.2. The lowest BCUT2D eigenvalue weighted by Gasteiger charge is -2.11. The van der Waals surface area contributed by atoms with Gasteiger partial charge >= 0.3 is 0 Å². The number of benzene rings is 2. The van der Waals surface area contributed by atoms with Crippen LogP contribution in [0.2, 0.25) is 0 Å². The zero-order chi connectivity index (χ0) is 14.6. The van der Waals surface area contributed by atoms with Crippen molar-refractivity contribution in [1.82, 2.24) is 0 Å². The maximum Gasteiger partial charge on any atom is 0.166 e. The van der Waals surface area contributed by atoms with Crippen molar-refractivity contribution in [2.45, 2.75) is 40.5 Å². The van der Waals surface area contributed by atoms with E-state index < -0.39 is 11.6 Å². The summed E-state index contributed by atoms with van der Waals surface area (Å²) in [5, 5.41) is 10.4. The molecule has 0 aliphatic rings. The topological polar surface area (TPSA) is 20.2 Å². The molecule has 2 aromatic carbocycles. The van der Waals surface area contributed by atoms with E-state index >= 15 is 0 Å². The summed E-state index contributed by atoms with van der Waals surface area (Å²) in [5.41, 5.74) is 1.62. The van der Waals surface area contributed by atoms with Crippen molar-refractivity contribution in [2.24, 2.45) is 0 Å². The van der Waals surface area contributed by atoms with Crippen molar-refractivity contribution in [3.8, 4) is 5.75 Å². The van der Waals surface area contributed by atoms with E-state index in [-0.39, 0.29) is 11.1 Å². The van der Waals surface area contributed by atoms with Gasteiger partial charge < -0.3 is 5.11 Å². The fourth-order valence-electron chi connectivity index (χ4n) is 2.21. The first-order valence-corrected chi connectivity index (χ1v) is 6.70. The van der Waals surface area contributed by atoms with Gasteiger partial charge in [-0.2, -0.15) is 0 Å². The van der Waals surface area contributed by atoms with Crippen LogP contribution in [0.25, 0.3) is 10.8 Å². The molecule has 0 aliphatic carbocycles. The monoisotopic (exact) mass is 266 g/mol. The summed E-state index contributed by atoms with van der Waals surface area (Å²) in [6, 6.07) is 4.14. The number of halogens is 2. The number of aryl methyl sites for hydroxylation is 2. The normalized spacial score (nSPS) is 10.2. The highest BCUT2D eigenvalue weighted by Gasteiger charge is 2.14. The van der Waals surface area contributed by atoms with E-state index in [1.54, 1.807) is 6.07 Å². The molecule has 2 aromatic rings. The molecule has 0 unspecified atom stereocenters. The summed E-state index contributed by atoms with van der Waals surface area (Å²) in [7, 11) is 0. The molecule has 0 saturated carbocycles. The fourth-order valence-corrected chi connectivity index (χ4v) is 2.21. The van der Waals surface area contributed by atoms with Crippen LogP contribution in [0.1, 0.15) is 38.8 Å². The Labute approximate surface area is 112 Å². The van der Waals surface area contributed by atoms with Gasteiger partial charge in [-0.1, -0.05) is 27.7 Å². The molecule has 0 bridgehead atoms. The number of phenols is 1. The van der Waals surface area contributed by atoms with Gasteiger partial charge in [0.05, 0.1) is 0 Å². The molecule has 3 heteroatoms. The SMILES string of the molecule is CC.CCc1cc(O)cc2c(F)c(F)cc(CC)c12. The van der Waals surface area contributed by atoms with Crippen LogP contribution in [0.3, 0.4) is 0 Å². The quantitative estimate of drug-likeness (QED) is 0.813. The summed E-state index contributed by atoms with van der Waals surface area (Å²) in [6.45, 7) is 7.83. The summed E-state index contributed by atoms with van der Waals surface area (Å²) in [4.78, 5) is 0. The molecule has 2 rings (SSSR count). The number of aromatic hydroxyl groups is 1. The molecule has 0 atom stereocenters. The molecule has 0 amide bonds. The van der Waals surface area contributed by atoms with Gasteiger partial charge in [-0.15, -0.1) is 0 Å². The molecule has 104 valence electrons. The summed E-state index contributed by atoms with van der Waals surface area (Å²) in [5.74, 6) is -1.77. The van der Waals surface area contributed by atoms with E-state index in [1.165, 1.54) is 12.1 Å². The van der Waals surface area contributed by atoms with Gasteiger partial charge in [0.2, 0.25) is 0 Å². The Bertz CT molecular complexity index is 566. The molecular weight excluding hydrogens is 246 g/mol. The first-order chi connectivity index (χ1) is 9.08. The van der Waals surface area contributed by atoms with Gasteiger partial charge in [-0.3, -0.25) is 0 Å². The lowest BCUT2D eigenvalue weighted by Crippen LogP contribution is -1.96. The second-order valence-electron chi connectivity index (χ2n) is 4.07. The number of phenolic OH excluding ortho intramolecular Hbond substituents is 1. The average Bonchev–Trinajstić information content (AvgIpc) is 2.44. The zero-order valence-corrected chi connectivity index (χ0v) is 11.8. The maximum atomic E-state index is 13.7. The average molecular weight is 266 g/mol. The predicted molar refractivity (Wildman–Crippen MR) is 75.6 cm³/mol. The van der Waals surface area contributed by atoms with E-state index in [0.29, 0.717) is 12.8 Å². The van der Waals surface area contributed by atoms with Crippen molar-refractivity contribution in [3.63, 3.8) is 0 Å². The third-order valence-corrected chi connectivity index (χ3v) is 3.03. The number of fused-ring (bicyclic) bond motifs is 1. The Balaban J connectivity index is 0.000000861. The highest BCUT2D eigenvalue weighted by Crippen LogP contribution is 2.31. The standard InChI is InChI=1S/C14H14F2O.C2H6/c1-3-8-5-10(17)7-11-13(8)9(4-2)6-12(15)14(11)16;1-2/h5-7,17H,3-4H2,1-2H3;1-2H3. The van der Waals surface area contributed by atoms with E-state index in [1.807, 2.05) is 27.7 Å². The van der Waals surface area contributed by atoms with Crippen molar-refractivity contribution >= 4 is 10.8 Å². The van der Waals surface area contributed by atoms with E-state index in [4.69, 9.17) is 0 Å². The van der Waals surface area contributed by atoms with Gasteiger partial charge in [-0.05, 0) is 47.6 Å². The van der Waals surface area contributed by atoms with Crippen molar-refractivity contribution in [3.05, 3.63) is 41.0 Å². The molecule has 19 heavy (non-hydrogen) atoms. The Morgan fingerprint density at radius 1 is 0.947 bits per heavy atom. The van der Waals surface area contributed by atoms with Gasteiger partial charge in [0.1, 0.15) is 5.75 Å². The van der Waals surface area contributed by atoms with Crippen LogP contribution >= 0.6 is 0 Å². The largest absolute Gasteiger partial charge is 0.508 e. The van der Waals surface area contributed by atoms with Crippen molar-refractivity contribution in [1.29, 1.82) is 0 Å². The smallest absolute Gasteiger partial charge is 0.166 e. The lowest BCUT2D eigenvalue weighted by atomic mass is 9.95. The summed E-state index contributed by atoms with van der Waals surface area (Å²) in [6.07, 6.45) is 1.30. The molecule has 0 aliphatic heterocycles. The van der Waals surface area contributed by atoms with Crippen LogP contribution in [0.5, 0.6) is 5.75 Å². The summed E-state index contributed by atoms with van der Waals surface area (Å²) >= 11 is 0. The van der Waals surface area contributed by atoms with Gasteiger partial charge in [-0.25, -0.2) is 8.78 Å². The molecule has 0 spiro atoms. The van der Waals surface area contributed by atoms with E-state index in [0.717, 1.165) is 16.5 Å². The molecule has 1 N–H and O–H groups in total. The summed E-state index contributed by atoms with van der Waals surface area (Å²) < 4.78 is 27.1. The van der Waals surface area contributed by atoms with Crippen LogP contribution < -0.4 is 0 Å². The molecule has 0 aromatic heterocycles. The zero-order valence-electron chi connectivity index (χ0n) is 11.8. The number of hydrogen-bond donors (Lipinski definition) is 1. The minimum atomic E-state index is -0.886. The molecular formula is C16H20F2O. The second kappa shape index (κ2) is 6.50. The Morgan fingerprint density at radius 3 is 2.00 bits per heavy atom. The number of rotatable bonds is 2. The first-order valence-electron chi connectivity index (χ1n) is 6.70. The first kappa shape index (κ1) is 15.4. The Hall–Kier alpha value is -1.64. The minimum Gasteiger partial charge on any atom is -0.508 e. The molecule has 0 heterocycles. The maximum absolute atomic E-state index is 13.7. The van der Waals surface area contributed by atoms with Crippen LogP contribution in [0, 0.1) is 11.6 Å². The Morgan fingerprint density at radius 2 is 1.47 bits per heavy atom. The molecule has 0 saturated heterocycles. The molecule has 1 nitrogen and oxygen atoms in total. The van der Waals surface area contributed by atoms with Crippen molar-refractivity contribution in [2.75, 3.05) is 0 Å². The molecule has 0 fully saturated rings. The van der Waals surface area contributed by atoms with Crippen molar-refractivity contribution < 1.29 is 13.9 Å². The third-order valence-electron chi connectivity index (χ3n) is 3.03. The third kappa shape index (κ3) is 2.86. The molecule has 0 radical (unpaired) electrons. The fraction of sp³-hybridized carbons (Fsp3) is 0.375. The highest BCUT2D eigenvalue weighted by molar-refractivity contribution is 5.90. The van der Waals surface area contributed by atoms with Gasteiger partial charge in [0.25, 0.3) is 0 Å². The van der Waals surface area contributed by atoms with Gasteiger partial charge in [0.15, 0.2) is 11.6 Å². The van der Waals surface area contributed by atoms with Crippen LogP contribution in [-0.4, -0.2) is 5.11 Å². The second-order valence-corrected chi connectivity index (χ2v) is 4.07. The predicted octanol–water partition coefficient (Wildman–Crippen LogP) is 4.97. The van der Waals surface area contributed by atoms with Gasteiger partial charge in [0, 0.05) is 5.39 Å². The lowest BCUT2D eigenvalue weighted by molar-refractivity contribution is 0.474. The Kier molecular flexibility index (Phi) is 5.28. The van der Waals surface area contributed by atoms with Crippen LogP contribution in [-0.2, 0) is 12.8 Å². The minimum absolute atomic E-state index is 0.0269. The van der Waals surface area contributed by atoms with E-state index in [9.17, 15) is 13.9 Å².